The summed E-state index contributed by atoms with van der Waals surface area (Å²) in [5.74, 6) is -0.241. The van der Waals surface area contributed by atoms with Gasteiger partial charge in [-0.05, 0) is 50.8 Å². The van der Waals surface area contributed by atoms with Crippen LogP contribution in [0.5, 0.6) is 11.8 Å². The lowest BCUT2D eigenvalue weighted by Gasteiger charge is -2.29. The van der Waals surface area contributed by atoms with E-state index >= 15 is 0 Å². The smallest absolute Gasteiger partial charge is 0.417 e. The Morgan fingerprint density at radius 3 is 2.52 bits per heavy atom. The molecule has 3 atom stereocenters. The van der Waals surface area contributed by atoms with Crippen LogP contribution >= 0.6 is 0 Å². The van der Waals surface area contributed by atoms with Gasteiger partial charge in [-0.1, -0.05) is 0 Å². The molecular weight excluding hydrogens is 413 g/mol. The SMILES string of the molecule is C[C@]12C[C@H](OCC3CC3)[C@](C)(O1)c1c2c(O)n(-c2ccc(C#N)c(C(F)(F)F)c2)c1O. The number of fused-ring (bicyclic) bond motifs is 5. The fraction of sp³-hybridized carbons (Fsp3) is 0.500. The zero-order chi connectivity index (χ0) is 22.3. The first-order valence-corrected chi connectivity index (χ1v) is 10.1. The van der Waals surface area contributed by atoms with Gasteiger partial charge in [-0.25, -0.2) is 0 Å². The number of nitrogens with zero attached hydrogens (tertiary/aromatic N) is 2. The number of hydrogen-bond donors (Lipinski definition) is 2. The first-order chi connectivity index (χ1) is 14.5. The van der Waals surface area contributed by atoms with E-state index < -0.39 is 34.4 Å². The first kappa shape index (κ1) is 20.2. The third kappa shape index (κ3) is 2.78. The Morgan fingerprint density at radius 1 is 1.23 bits per heavy atom. The number of aromatic nitrogens is 1. The van der Waals surface area contributed by atoms with E-state index in [0.717, 1.165) is 29.5 Å². The van der Waals surface area contributed by atoms with E-state index in [-0.39, 0.29) is 17.7 Å². The molecule has 2 aliphatic heterocycles. The highest BCUT2D eigenvalue weighted by Crippen LogP contribution is 2.65. The van der Waals surface area contributed by atoms with Crippen molar-refractivity contribution in [3.8, 4) is 23.5 Å². The predicted molar refractivity (Wildman–Crippen MR) is 102 cm³/mol. The van der Waals surface area contributed by atoms with Crippen molar-refractivity contribution < 1.29 is 32.9 Å². The third-order valence-electron chi connectivity index (χ3n) is 6.69. The van der Waals surface area contributed by atoms with Crippen LogP contribution in [0.3, 0.4) is 0 Å². The summed E-state index contributed by atoms with van der Waals surface area (Å²) in [6.45, 7) is 4.14. The van der Waals surface area contributed by atoms with Crippen molar-refractivity contribution in [1.29, 1.82) is 5.26 Å². The van der Waals surface area contributed by atoms with Crippen LogP contribution in [0.25, 0.3) is 5.69 Å². The Morgan fingerprint density at radius 2 is 1.90 bits per heavy atom. The fourth-order valence-corrected chi connectivity index (χ4v) is 5.01. The summed E-state index contributed by atoms with van der Waals surface area (Å²) in [6.07, 6.45) is -2.41. The van der Waals surface area contributed by atoms with Crippen LogP contribution in [0.4, 0.5) is 13.2 Å². The molecule has 0 radical (unpaired) electrons. The van der Waals surface area contributed by atoms with Crippen molar-refractivity contribution in [3.63, 3.8) is 0 Å². The van der Waals surface area contributed by atoms with Crippen LogP contribution in [0.1, 0.15) is 55.4 Å². The molecule has 3 heterocycles. The molecule has 3 aliphatic rings. The topological polar surface area (TPSA) is 87.6 Å². The van der Waals surface area contributed by atoms with E-state index in [0.29, 0.717) is 30.1 Å². The second-order valence-electron chi connectivity index (χ2n) is 8.98. The molecule has 2 bridgehead atoms. The van der Waals surface area contributed by atoms with E-state index in [1.54, 1.807) is 13.8 Å². The number of ether oxygens (including phenoxy) is 2. The molecule has 9 heteroatoms. The van der Waals surface area contributed by atoms with Crippen LogP contribution < -0.4 is 0 Å². The lowest BCUT2D eigenvalue weighted by Crippen LogP contribution is -2.36. The van der Waals surface area contributed by atoms with Gasteiger partial charge in [0.2, 0.25) is 11.8 Å². The maximum atomic E-state index is 13.4. The van der Waals surface area contributed by atoms with E-state index in [9.17, 15) is 23.4 Å². The maximum Gasteiger partial charge on any atom is 0.417 e. The van der Waals surface area contributed by atoms with Gasteiger partial charge in [-0.3, -0.25) is 4.57 Å². The summed E-state index contributed by atoms with van der Waals surface area (Å²) in [6, 6.07) is 4.57. The number of hydrogen-bond acceptors (Lipinski definition) is 5. The molecule has 31 heavy (non-hydrogen) atoms. The molecule has 5 rings (SSSR count). The molecule has 1 saturated heterocycles. The molecule has 6 nitrogen and oxygen atoms in total. The molecule has 1 aromatic heterocycles. The third-order valence-corrected chi connectivity index (χ3v) is 6.69. The summed E-state index contributed by atoms with van der Waals surface area (Å²) in [5, 5.41) is 31.0. The summed E-state index contributed by atoms with van der Waals surface area (Å²) >= 11 is 0. The largest absolute Gasteiger partial charge is 0.494 e. The summed E-state index contributed by atoms with van der Waals surface area (Å²) < 4.78 is 53.6. The summed E-state index contributed by atoms with van der Waals surface area (Å²) in [5.41, 5.74) is -3.06. The molecule has 164 valence electrons. The van der Waals surface area contributed by atoms with Gasteiger partial charge in [0, 0.05) is 13.0 Å². The molecule has 2 fully saturated rings. The molecule has 1 aliphatic carbocycles. The highest BCUT2D eigenvalue weighted by molar-refractivity contribution is 5.62. The first-order valence-electron chi connectivity index (χ1n) is 10.1. The predicted octanol–water partition coefficient (Wildman–Crippen LogP) is 4.44. The van der Waals surface area contributed by atoms with Crippen LogP contribution in [0, 0.1) is 17.2 Å². The average Bonchev–Trinajstić information content (AvgIpc) is 3.36. The lowest BCUT2D eigenvalue weighted by molar-refractivity contribution is -0.137. The Balaban J connectivity index is 1.63. The van der Waals surface area contributed by atoms with Crippen molar-refractivity contribution in [3.05, 3.63) is 40.5 Å². The number of benzene rings is 1. The zero-order valence-electron chi connectivity index (χ0n) is 17.0. The van der Waals surface area contributed by atoms with Crippen LogP contribution in [0.2, 0.25) is 0 Å². The van der Waals surface area contributed by atoms with Crippen molar-refractivity contribution in [2.75, 3.05) is 6.61 Å². The van der Waals surface area contributed by atoms with Gasteiger partial charge in [0.15, 0.2) is 0 Å². The Labute approximate surface area is 176 Å². The molecule has 0 unspecified atom stereocenters. The van der Waals surface area contributed by atoms with Crippen LogP contribution in [-0.4, -0.2) is 27.5 Å². The highest BCUT2D eigenvalue weighted by atomic mass is 19.4. The molecule has 2 aromatic rings. The normalized spacial score (nSPS) is 29.2. The van der Waals surface area contributed by atoms with Gasteiger partial charge in [-0.15, -0.1) is 0 Å². The van der Waals surface area contributed by atoms with Gasteiger partial charge in [0.25, 0.3) is 0 Å². The molecular formula is C22H21F3N2O4. The highest BCUT2D eigenvalue weighted by Gasteiger charge is 2.65. The van der Waals surface area contributed by atoms with Gasteiger partial charge in [0.1, 0.15) is 5.60 Å². The molecule has 0 amide bonds. The molecule has 1 saturated carbocycles. The van der Waals surface area contributed by atoms with Crippen LogP contribution in [0.15, 0.2) is 18.2 Å². The number of alkyl halides is 3. The Kier molecular flexibility index (Phi) is 4.03. The van der Waals surface area contributed by atoms with E-state index in [4.69, 9.17) is 14.7 Å². The van der Waals surface area contributed by atoms with Gasteiger partial charge in [-0.2, -0.15) is 18.4 Å². The second-order valence-corrected chi connectivity index (χ2v) is 8.98. The standard InChI is InChI=1S/C22H21F3N2O4/c1-20-8-15(30-10-11-3-4-11)21(2,31-20)17-16(20)18(28)27(19(17)29)13-6-5-12(9-26)14(7-13)22(23,24)25/h5-7,11,15,28-29H,3-4,8,10H2,1-2H3/t15-,20+,21-/m0/s1. The van der Waals surface area contributed by atoms with Crippen molar-refractivity contribution in [1.82, 2.24) is 4.57 Å². The zero-order valence-corrected chi connectivity index (χ0v) is 17.0. The lowest BCUT2D eigenvalue weighted by atomic mass is 9.78. The molecule has 0 spiro atoms. The number of nitriles is 1. The monoisotopic (exact) mass is 434 g/mol. The Bertz CT molecular complexity index is 1130. The van der Waals surface area contributed by atoms with E-state index in [1.165, 1.54) is 12.1 Å². The summed E-state index contributed by atoms with van der Waals surface area (Å²) in [4.78, 5) is 0. The van der Waals surface area contributed by atoms with Crippen molar-refractivity contribution >= 4 is 0 Å². The number of halogens is 3. The molecule has 2 N–H and O–H groups in total. The summed E-state index contributed by atoms with van der Waals surface area (Å²) in [7, 11) is 0. The number of rotatable bonds is 4. The minimum absolute atomic E-state index is 0.0993. The Hall–Kier alpha value is -2.70. The number of aromatic hydroxyl groups is 2. The minimum atomic E-state index is -4.76. The minimum Gasteiger partial charge on any atom is -0.494 e. The van der Waals surface area contributed by atoms with E-state index in [2.05, 4.69) is 0 Å². The van der Waals surface area contributed by atoms with E-state index in [1.807, 2.05) is 0 Å². The maximum absolute atomic E-state index is 13.4. The van der Waals surface area contributed by atoms with Crippen molar-refractivity contribution in [2.24, 2.45) is 5.92 Å². The van der Waals surface area contributed by atoms with Gasteiger partial charge in [0.05, 0.1) is 45.7 Å². The van der Waals surface area contributed by atoms with Crippen molar-refractivity contribution in [2.45, 2.75) is 56.6 Å². The quantitative estimate of drug-likeness (QED) is 0.743. The fourth-order valence-electron chi connectivity index (χ4n) is 5.01. The average molecular weight is 434 g/mol. The van der Waals surface area contributed by atoms with Gasteiger partial charge >= 0.3 is 6.18 Å². The molecule has 1 aromatic carbocycles. The van der Waals surface area contributed by atoms with Gasteiger partial charge < -0.3 is 19.7 Å². The van der Waals surface area contributed by atoms with Crippen LogP contribution in [-0.2, 0) is 26.9 Å². The second kappa shape index (κ2) is 6.17.